The first kappa shape index (κ1) is 21.2. The Morgan fingerprint density at radius 2 is 1.69 bits per heavy atom. The number of piperidine rings is 1. The smallest absolute Gasteiger partial charge is 0.243 e. The summed E-state index contributed by atoms with van der Waals surface area (Å²) < 4.78 is 26.8. The Hall–Kier alpha value is -1.15. The maximum atomic E-state index is 12.9. The van der Waals surface area contributed by atoms with E-state index >= 15 is 0 Å². The van der Waals surface area contributed by atoms with Crippen LogP contribution in [0.15, 0.2) is 35.2 Å². The van der Waals surface area contributed by atoms with Gasteiger partial charge < -0.3 is 4.90 Å². The maximum absolute atomic E-state index is 12.9. The van der Waals surface area contributed by atoms with Crippen molar-refractivity contribution in [3.8, 4) is 0 Å². The number of carbonyl (C=O) groups excluding carboxylic acids is 1. The number of nitrogens with zero attached hydrogens (tertiary/aromatic N) is 3. The van der Waals surface area contributed by atoms with Crippen LogP contribution in [0.1, 0.15) is 26.2 Å². The van der Waals surface area contributed by atoms with Gasteiger partial charge in [-0.15, -0.1) is 12.4 Å². The zero-order chi connectivity index (χ0) is 17.9. The summed E-state index contributed by atoms with van der Waals surface area (Å²) in [6.45, 7) is 5.63. The van der Waals surface area contributed by atoms with E-state index in [0.29, 0.717) is 31.1 Å². The molecule has 1 amide bonds. The highest BCUT2D eigenvalue weighted by Crippen LogP contribution is 2.21. The minimum Gasteiger partial charge on any atom is -0.339 e. The summed E-state index contributed by atoms with van der Waals surface area (Å²) in [6.07, 6.45) is 3.16. The van der Waals surface area contributed by atoms with E-state index in [1.165, 1.54) is 4.31 Å². The first-order valence-electron chi connectivity index (χ1n) is 9.12. The molecule has 1 atom stereocenters. The molecule has 1 aromatic rings. The second kappa shape index (κ2) is 9.17. The third-order valence-electron chi connectivity index (χ3n) is 5.24. The molecule has 0 N–H and O–H groups in total. The van der Waals surface area contributed by atoms with Crippen LogP contribution in [0.5, 0.6) is 0 Å². The number of likely N-dealkylation sites (N-methyl/N-ethyl adjacent to an activating group) is 1. The zero-order valence-electron chi connectivity index (χ0n) is 15.2. The first-order chi connectivity index (χ1) is 12.0. The van der Waals surface area contributed by atoms with Crippen LogP contribution < -0.4 is 0 Å². The minimum atomic E-state index is -3.47. The van der Waals surface area contributed by atoms with Crippen LogP contribution in [0.2, 0.25) is 0 Å². The molecule has 0 saturated carbocycles. The van der Waals surface area contributed by atoms with Gasteiger partial charge >= 0.3 is 0 Å². The fraction of sp³-hybridized carbons (Fsp3) is 0.611. The fourth-order valence-corrected chi connectivity index (χ4v) is 5.19. The quantitative estimate of drug-likeness (QED) is 0.772. The predicted molar refractivity (Wildman–Crippen MR) is 104 cm³/mol. The molecule has 3 rings (SSSR count). The molecule has 0 aliphatic carbocycles. The number of benzene rings is 1. The molecule has 1 aromatic carbocycles. The van der Waals surface area contributed by atoms with Crippen molar-refractivity contribution in [1.29, 1.82) is 0 Å². The zero-order valence-corrected chi connectivity index (χ0v) is 16.8. The van der Waals surface area contributed by atoms with Crippen molar-refractivity contribution in [1.82, 2.24) is 14.1 Å². The van der Waals surface area contributed by atoms with Crippen LogP contribution in [0.3, 0.4) is 0 Å². The minimum absolute atomic E-state index is 0. The van der Waals surface area contributed by atoms with E-state index in [4.69, 9.17) is 0 Å². The number of rotatable bonds is 4. The second-order valence-electron chi connectivity index (χ2n) is 6.68. The van der Waals surface area contributed by atoms with E-state index in [-0.39, 0.29) is 24.4 Å². The summed E-state index contributed by atoms with van der Waals surface area (Å²) in [5, 5.41) is 0. The summed E-state index contributed by atoms with van der Waals surface area (Å²) in [4.78, 5) is 17.3. The van der Waals surface area contributed by atoms with Crippen LogP contribution in [-0.2, 0) is 14.8 Å². The average Bonchev–Trinajstić information content (AvgIpc) is 2.68. The lowest BCUT2D eigenvalue weighted by Crippen LogP contribution is -2.56. The van der Waals surface area contributed by atoms with Crippen LogP contribution >= 0.6 is 12.4 Å². The number of carbonyl (C=O) groups is 1. The molecule has 2 aliphatic rings. The van der Waals surface area contributed by atoms with Gasteiger partial charge in [-0.2, -0.15) is 4.31 Å². The Morgan fingerprint density at radius 3 is 2.31 bits per heavy atom. The first-order valence-corrected chi connectivity index (χ1v) is 10.6. The summed E-state index contributed by atoms with van der Waals surface area (Å²) >= 11 is 0. The molecule has 2 heterocycles. The lowest BCUT2D eigenvalue weighted by molar-refractivity contribution is -0.139. The molecule has 8 heteroatoms. The van der Waals surface area contributed by atoms with E-state index in [1.807, 2.05) is 4.90 Å². The molecule has 2 saturated heterocycles. The molecule has 0 aromatic heterocycles. The summed E-state index contributed by atoms with van der Waals surface area (Å²) in [6, 6.07) is 8.47. The van der Waals surface area contributed by atoms with Gasteiger partial charge in [0.15, 0.2) is 0 Å². The Labute approximate surface area is 162 Å². The highest BCUT2D eigenvalue weighted by molar-refractivity contribution is 7.89. The van der Waals surface area contributed by atoms with E-state index in [2.05, 4.69) is 11.8 Å². The van der Waals surface area contributed by atoms with Crippen molar-refractivity contribution in [3.05, 3.63) is 30.3 Å². The number of amides is 1. The van der Waals surface area contributed by atoms with Gasteiger partial charge in [-0.1, -0.05) is 31.5 Å². The number of hydrogen-bond acceptors (Lipinski definition) is 4. The molecule has 6 nitrogen and oxygen atoms in total. The molecule has 0 radical (unpaired) electrons. The molecule has 2 fully saturated rings. The van der Waals surface area contributed by atoms with Crippen LogP contribution in [0.25, 0.3) is 0 Å². The summed E-state index contributed by atoms with van der Waals surface area (Å²) in [5.74, 6) is 0.165. The summed E-state index contributed by atoms with van der Waals surface area (Å²) in [7, 11) is -3.47. The van der Waals surface area contributed by atoms with Crippen molar-refractivity contribution in [2.75, 3.05) is 39.3 Å². The molecule has 2 aliphatic heterocycles. The number of halogens is 1. The SMILES string of the molecule is CCN1CCCC[C@H]1C(=O)N1CCN(S(=O)(=O)c2ccccc2)CC1.Cl. The molecular weight excluding hydrogens is 374 g/mol. The molecule has 0 spiro atoms. The molecule has 146 valence electrons. The van der Waals surface area contributed by atoms with E-state index in [0.717, 1.165) is 32.4 Å². The number of sulfonamides is 1. The van der Waals surface area contributed by atoms with Gasteiger partial charge in [0.25, 0.3) is 0 Å². The maximum Gasteiger partial charge on any atom is 0.243 e. The fourth-order valence-electron chi connectivity index (χ4n) is 3.75. The third-order valence-corrected chi connectivity index (χ3v) is 7.15. The normalized spacial score (nSPS) is 22.7. The summed E-state index contributed by atoms with van der Waals surface area (Å²) in [5.41, 5.74) is 0. The lowest BCUT2D eigenvalue weighted by atomic mass is 10.0. The topological polar surface area (TPSA) is 60.9 Å². The Kier molecular flexibility index (Phi) is 7.46. The van der Waals surface area contributed by atoms with Gasteiger partial charge in [0.05, 0.1) is 10.9 Å². The highest BCUT2D eigenvalue weighted by atomic mass is 35.5. The predicted octanol–water partition coefficient (Wildman–Crippen LogP) is 1.82. The van der Waals surface area contributed by atoms with Crippen LogP contribution in [0, 0.1) is 0 Å². The standard InChI is InChI=1S/C18H27N3O3S.ClH/c1-2-19-11-7-6-10-17(19)18(22)20-12-14-21(15-13-20)25(23,24)16-8-4-3-5-9-16;/h3-5,8-9,17H,2,6-7,10-15H2,1H3;1H/t17-;/m0./s1. The highest BCUT2D eigenvalue weighted by Gasteiger charge is 2.35. The van der Waals surface area contributed by atoms with Gasteiger partial charge in [-0.3, -0.25) is 9.69 Å². The Morgan fingerprint density at radius 1 is 1.04 bits per heavy atom. The van der Waals surface area contributed by atoms with Gasteiger partial charge in [0.1, 0.15) is 0 Å². The molecule has 0 bridgehead atoms. The van der Waals surface area contributed by atoms with E-state index < -0.39 is 10.0 Å². The van der Waals surface area contributed by atoms with Gasteiger partial charge in [-0.05, 0) is 38.1 Å². The van der Waals surface area contributed by atoms with E-state index in [1.54, 1.807) is 30.3 Å². The van der Waals surface area contributed by atoms with Crippen molar-refractivity contribution >= 4 is 28.3 Å². The average molecular weight is 402 g/mol. The molecule has 26 heavy (non-hydrogen) atoms. The number of piperazine rings is 1. The van der Waals surface area contributed by atoms with Crippen LogP contribution in [-0.4, -0.2) is 73.7 Å². The third kappa shape index (κ3) is 4.39. The largest absolute Gasteiger partial charge is 0.339 e. The van der Waals surface area contributed by atoms with Gasteiger partial charge in [-0.25, -0.2) is 8.42 Å². The molecular formula is C18H28ClN3O3S. The number of likely N-dealkylation sites (tertiary alicyclic amines) is 1. The lowest BCUT2D eigenvalue weighted by Gasteiger charge is -2.40. The second-order valence-corrected chi connectivity index (χ2v) is 8.62. The van der Waals surface area contributed by atoms with Crippen molar-refractivity contribution in [3.63, 3.8) is 0 Å². The monoisotopic (exact) mass is 401 g/mol. The Bertz CT molecular complexity index is 691. The number of hydrogen-bond donors (Lipinski definition) is 0. The van der Waals surface area contributed by atoms with Crippen molar-refractivity contribution in [2.45, 2.75) is 37.1 Å². The van der Waals surface area contributed by atoms with Gasteiger partial charge in [0.2, 0.25) is 15.9 Å². The van der Waals surface area contributed by atoms with E-state index in [9.17, 15) is 13.2 Å². The Balaban J connectivity index is 0.00000243. The van der Waals surface area contributed by atoms with Crippen molar-refractivity contribution < 1.29 is 13.2 Å². The van der Waals surface area contributed by atoms with Crippen molar-refractivity contribution in [2.24, 2.45) is 0 Å². The van der Waals surface area contributed by atoms with Gasteiger partial charge in [0, 0.05) is 26.2 Å². The molecule has 0 unspecified atom stereocenters. The van der Waals surface area contributed by atoms with Crippen LogP contribution in [0.4, 0.5) is 0 Å².